The van der Waals surface area contributed by atoms with Crippen LogP contribution in [0.15, 0.2) is 48.5 Å². The number of anilines is 2. The third-order valence-electron chi connectivity index (χ3n) is 7.94. The molecule has 2 aromatic carbocycles. The fraction of sp³-hybridized carbons (Fsp3) is 0.500. The maximum absolute atomic E-state index is 12.6. The zero-order valence-corrected chi connectivity index (χ0v) is 19.1. The van der Waals surface area contributed by atoms with Crippen molar-refractivity contribution in [2.24, 2.45) is 5.92 Å². The van der Waals surface area contributed by atoms with Gasteiger partial charge in [-0.15, -0.1) is 0 Å². The molecule has 2 fully saturated rings. The molecule has 2 N–H and O–H groups in total. The van der Waals surface area contributed by atoms with Crippen LogP contribution in [0.5, 0.6) is 0 Å². The van der Waals surface area contributed by atoms with Crippen molar-refractivity contribution in [3.05, 3.63) is 54.1 Å². The summed E-state index contributed by atoms with van der Waals surface area (Å²) in [7, 11) is 2.38. The predicted molar refractivity (Wildman–Crippen MR) is 128 cm³/mol. The number of piperazine rings is 1. The minimum Gasteiger partial charge on any atom is -0.378 e. The molecule has 0 spiro atoms. The van der Waals surface area contributed by atoms with Gasteiger partial charge in [-0.3, -0.25) is 9.28 Å². The third-order valence-corrected chi connectivity index (χ3v) is 7.94. The molecule has 164 valence electrons. The second kappa shape index (κ2) is 7.64. The lowest BCUT2D eigenvalue weighted by molar-refractivity contribution is -0.117. The van der Waals surface area contributed by atoms with E-state index in [1.807, 2.05) is 11.0 Å². The van der Waals surface area contributed by atoms with E-state index < -0.39 is 0 Å². The highest BCUT2D eigenvalue weighted by Gasteiger charge is 2.44. The van der Waals surface area contributed by atoms with Gasteiger partial charge in [0.15, 0.2) is 0 Å². The van der Waals surface area contributed by atoms with E-state index in [0.29, 0.717) is 12.1 Å². The molecule has 0 saturated carbocycles. The van der Waals surface area contributed by atoms with Crippen LogP contribution in [-0.4, -0.2) is 44.2 Å². The average molecular weight is 420 g/mol. The predicted octanol–water partition coefficient (Wildman–Crippen LogP) is 4.30. The number of benzene rings is 2. The third kappa shape index (κ3) is 3.54. The molecule has 1 amide bonds. The number of amides is 1. The number of rotatable bonds is 3. The van der Waals surface area contributed by atoms with Crippen LogP contribution < -0.4 is 20.0 Å². The van der Waals surface area contributed by atoms with E-state index in [9.17, 15) is 4.79 Å². The van der Waals surface area contributed by atoms with Crippen LogP contribution in [0.3, 0.4) is 0 Å². The molecule has 3 heterocycles. The average Bonchev–Trinajstić information content (AvgIpc) is 3.10. The van der Waals surface area contributed by atoms with Crippen molar-refractivity contribution in [3.8, 4) is 0 Å². The molecular formula is C26H35N4O+. The molecule has 5 heteroatoms. The Bertz CT molecular complexity index is 963. The van der Waals surface area contributed by atoms with Crippen molar-refractivity contribution in [1.29, 1.82) is 0 Å². The van der Waals surface area contributed by atoms with Crippen LogP contribution in [0.1, 0.15) is 45.2 Å². The first kappa shape index (κ1) is 20.5. The lowest BCUT2D eigenvalue weighted by Crippen LogP contribution is -2.62. The molecule has 5 nitrogen and oxygen atoms in total. The summed E-state index contributed by atoms with van der Waals surface area (Å²) in [4.78, 5) is 14.6. The second-order valence-electron chi connectivity index (χ2n) is 10.1. The van der Waals surface area contributed by atoms with Crippen LogP contribution in [-0.2, 0) is 4.79 Å². The minimum atomic E-state index is 0.118. The summed E-state index contributed by atoms with van der Waals surface area (Å²) in [6, 6.07) is 18.8. The highest BCUT2D eigenvalue weighted by Crippen LogP contribution is 2.45. The SMILES string of the molecule is CC(=O)N1c2ccc([N+]3(C)CC4CCC(C3)N4)cc2C(Nc2ccccc2)C(C)C1C. The Labute approximate surface area is 186 Å². The number of hydrogen-bond acceptors (Lipinski definition) is 3. The summed E-state index contributed by atoms with van der Waals surface area (Å²) in [5.41, 5.74) is 4.79. The summed E-state index contributed by atoms with van der Waals surface area (Å²) in [5.74, 6) is 0.406. The largest absolute Gasteiger partial charge is 0.378 e. The summed E-state index contributed by atoms with van der Waals surface area (Å²) >= 11 is 0. The zero-order chi connectivity index (χ0) is 21.8. The van der Waals surface area contributed by atoms with Gasteiger partial charge >= 0.3 is 0 Å². The number of carbonyl (C=O) groups excluding carboxylic acids is 1. The van der Waals surface area contributed by atoms with Crippen LogP contribution in [0, 0.1) is 5.92 Å². The molecule has 2 bridgehead atoms. The summed E-state index contributed by atoms with van der Waals surface area (Å²) in [6.45, 7) is 8.39. The first-order valence-corrected chi connectivity index (χ1v) is 11.7. The molecule has 5 atom stereocenters. The van der Waals surface area contributed by atoms with Gasteiger partial charge in [0.25, 0.3) is 0 Å². The Balaban J connectivity index is 1.58. The highest BCUT2D eigenvalue weighted by molar-refractivity contribution is 5.94. The van der Waals surface area contributed by atoms with E-state index in [1.165, 1.54) is 24.1 Å². The fourth-order valence-corrected chi connectivity index (χ4v) is 6.19. The number of nitrogens with zero attached hydrogens (tertiary/aromatic N) is 2. The quantitative estimate of drug-likeness (QED) is 0.729. The Morgan fingerprint density at radius 1 is 1.06 bits per heavy atom. The molecule has 5 rings (SSSR count). The molecule has 5 unspecified atom stereocenters. The van der Waals surface area contributed by atoms with Crippen molar-refractivity contribution in [2.45, 2.75) is 57.8 Å². The van der Waals surface area contributed by atoms with Crippen molar-refractivity contribution in [3.63, 3.8) is 0 Å². The first-order chi connectivity index (χ1) is 14.9. The van der Waals surface area contributed by atoms with E-state index in [4.69, 9.17) is 0 Å². The van der Waals surface area contributed by atoms with Crippen molar-refractivity contribution in [2.75, 3.05) is 30.4 Å². The summed E-state index contributed by atoms with van der Waals surface area (Å²) in [5, 5.41) is 7.57. The Hall–Kier alpha value is -2.37. The molecule has 0 radical (unpaired) electrons. The Morgan fingerprint density at radius 3 is 2.39 bits per heavy atom. The van der Waals surface area contributed by atoms with E-state index in [1.54, 1.807) is 6.92 Å². The second-order valence-corrected chi connectivity index (χ2v) is 10.1. The number of carbonyl (C=O) groups is 1. The lowest BCUT2D eigenvalue weighted by Gasteiger charge is -2.46. The number of quaternary nitrogens is 1. The Morgan fingerprint density at radius 2 is 1.74 bits per heavy atom. The van der Waals surface area contributed by atoms with Crippen molar-refractivity contribution < 1.29 is 4.79 Å². The molecule has 3 aliphatic rings. The number of hydrogen-bond donors (Lipinski definition) is 2. The number of likely N-dealkylation sites (tertiary alicyclic amines) is 1. The molecule has 0 aromatic heterocycles. The zero-order valence-electron chi connectivity index (χ0n) is 19.1. The maximum atomic E-state index is 12.6. The molecule has 3 aliphatic heterocycles. The van der Waals surface area contributed by atoms with Gasteiger partial charge in [-0.1, -0.05) is 25.1 Å². The first-order valence-electron chi connectivity index (χ1n) is 11.7. The molecule has 2 aromatic rings. The minimum absolute atomic E-state index is 0.118. The smallest absolute Gasteiger partial charge is 0.224 e. The molecular weight excluding hydrogens is 384 g/mol. The highest BCUT2D eigenvalue weighted by atomic mass is 16.2. The van der Waals surface area contributed by atoms with E-state index in [0.717, 1.165) is 28.9 Å². The van der Waals surface area contributed by atoms with Crippen LogP contribution in [0.2, 0.25) is 0 Å². The van der Waals surface area contributed by atoms with Gasteiger partial charge in [0.1, 0.15) is 5.69 Å². The number of likely N-dealkylation sites (N-methyl/N-ethyl adjacent to an activating group) is 1. The van der Waals surface area contributed by atoms with Crippen molar-refractivity contribution >= 4 is 23.0 Å². The monoisotopic (exact) mass is 419 g/mol. The molecule has 2 saturated heterocycles. The molecule has 0 aliphatic carbocycles. The van der Waals surface area contributed by atoms with E-state index in [-0.39, 0.29) is 23.9 Å². The van der Waals surface area contributed by atoms with Gasteiger partial charge in [0.05, 0.1) is 38.3 Å². The van der Waals surface area contributed by atoms with Gasteiger partial charge in [0.2, 0.25) is 5.91 Å². The molecule has 31 heavy (non-hydrogen) atoms. The standard InChI is InChI=1S/C26H35N4O/c1-17-18(2)29(19(3)31)25-13-12-23(30(4)15-21-10-11-22(16-30)27-21)14-24(25)26(17)28-20-8-6-5-7-9-20/h5-9,12-14,17-18,21-22,26-28H,10-11,15-16H2,1-4H3/q+1. The van der Waals surface area contributed by atoms with E-state index in [2.05, 4.69) is 74.0 Å². The fourth-order valence-electron chi connectivity index (χ4n) is 6.19. The number of fused-ring (bicyclic) bond motifs is 3. The van der Waals surface area contributed by atoms with Crippen LogP contribution >= 0.6 is 0 Å². The van der Waals surface area contributed by atoms with Gasteiger partial charge in [0, 0.05) is 48.0 Å². The van der Waals surface area contributed by atoms with Crippen LogP contribution in [0.4, 0.5) is 17.1 Å². The topological polar surface area (TPSA) is 44.4 Å². The van der Waals surface area contributed by atoms with Gasteiger partial charge in [-0.25, -0.2) is 0 Å². The van der Waals surface area contributed by atoms with Crippen LogP contribution in [0.25, 0.3) is 0 Å². The number of para-hydroxylation sites is 1. The summed E-state index contributed by atoms with van der Waals surface area (Å²) in [6.07, 6.45) is 2.57. The Kier molecular flexibility index (Phi) is 5.06. The number of nitrogens with one attached hydrogen (secondary N) is 2. The maximum Gasteiger partial charge on any atom is 0.224 e. The van der Waals surface area contributed by atoms with Gasteiger partial charge in [-0.2, -0.15) is 0 Å². The van der Waals surface area contributed by atoms with E-state index >= 15 is 0 Å². The van der Waals surface area contributed by atoms with Gasteiger partial charge < -0.3 is 15.5 Å². The van der Waals surface area contributed by atoms with Crippen molar-refractivity contribution in [1.82, 2.24) is 9.80 Å². The summed E-state index contributed by atoms with van der Waals surface area (Å²) < 4.78 is 0.970. The van der Waals surface area contributed by atoms with Gasteiger partial charge in [-0.05, 0) is 38.0 Å². The lowest BCUT2D eigenvalue weighted by atomic mass is 9.82. The normalized spacial score (nSPS) is 34.3.